The van der Waals surface area contributed by atoms with Crippen LogP contribution in [0.5, 0.6) is 5.75 Å². The number of carbonyl (C=O) groups excluding carboxylic acids is 1. The van der Waals surface area contributed by atoms with E-state index in [1.807, 2.05) is 17.0 Å². The molecule has 0 bridgehead atoms. The molecule has 1 unspecified atom stereocenters. The molecule has 1 spiro atoms. The van der Waals surface area contributed by atoms with Crippen LogP contribution in [-0.4, -0.2) is 47.5 Å². The molecule has 6 nitrogen and oxygen atoms in total. The lowest BCUT2D eigenvalue weighted by atomic mass is 9.86. The Hall–Kier alpha value is -2.47. The number of hydrogen-bond donors (Lipinski definition) is 0. The van der Waals surface area contributed by atoms with E-state index in [0.29, 0.717) is 6.42 Å². The minimum atomic E-state index is 0.0550. The second-order valence-electron chi connectivity index (χ2n) is 7.06. The Bertz CT molecular complexity index is 750. The number of nitrogens with zero attached hydrogens (tertiary/aromatic N) is 4. The van der Waals surface area contributed by atoms with Gasteiger partial charge in [-0.2, -0.15) is 0 Å². The number of likely N-dealkylation sites (tertiary alicyclic amines) is 1. The molecule has 0 N–H and O–H groups in total. The van der Waals surface area contributed by atoms with Gasteiger partial charge in [-0.05, 0) is 30.7 Å². The monoisotopic (exact) mass is 338 g/mol. The van der Waals surface area contributed by atoms with Gasteiger partial charge in [-0.15, -0.1) is 0 Å². The fraction of sp³-hybridized carbons (Fsp3) is 0.421. The SMILES string of the molecule is COc1ccc(CN2CCC3(CC(=O)N(c4cncnc4)C3)C2)cc1. The lowest BCUT2D eigenvalue weighted by molar-refractivity contribution is -0.117. The molecule has 1 aromatic carbocycles. The Morgan fingerprint density at radius 3 is 2.64 bits per heavy atom. The molecule has 2 aromatic rings. The number of aromatic nitrogens is 2. The zero-order valence-corrected chi connectivity index (χ0v) is 14.4. The normalized spacial score (nSPS) is 23.6. The van der Waals surface area contributed by atoms with Gasteiger partial charge >= 0.3 is 0 Å². The Labute approximate surface area is 147 Å². The van der Waals surface area contributed by atoms with Gasteiger partial charge in [0, 0.05) is 31.5 Å². The molecular formula is C19H22N4O2. The summed E-state index contributed by atoms with van der Waals surface area (Å²) in [4.78, 5) is 24.9. The van der Waals surface area contributed by atoms with Crippen LogP contribution in [0.15, 0.2) is 43.0 Å². The number of anilines is 1. The second kappa shape index (κ2) is 6.44. The third-order valence-electron chi connectivity index (χ3n) is 5.26. The van der Waals surface area contributed by atoms with Crippen molar-refractivity contribution in [3.63, 3.8) is 0 Å². The average Bonchev–Trinajstić information content (AvgIpc) is 3.19. The fourth-order valence-electron chi connectivity index (χ4n) is 3.99. The van der Waals surface area contributed by atoms with Crippen LogP contribution in [0, 0.1) is 5.41 Å². The maximum atomic E-state index is 12.5. The first-order valence-electron chi connectivity index (χ1n) is 8.58. The van der Waals surface area contributed by atoms with Gasteiger partial charge in [0.25, 0.3) is 0 Å². The van der Waals surface area contributed by atoms with Crippen LogP contribution in [0.1, 0.15) is 18.4 Å². The van der Waals surface area contributed by atoms with Crippen molar-refractivity contribution in [2.75, 3.05) is 31.6 Å². The fourth-order valence-corrected chi connectivity index (χ4v) is 3.99. The van der Waals surface area contributed by atoms with Gasteiger partial charge in [-0.3, -0.25) is 9.69 Å². The first-order valence-corrected chi connectivity index (χ1v) is 8.58. The summed E-state index contributed by atoms with van der Waals surface area (Å²) in [7, 11) is 1.68. The van der Waals surface area contributed by atoms with E-state index in [9.17, 15) is 4.79 Å². The Balaban J connectivity index is 1.42. The first-order chi connectivity index (χ1) is 12.2. The maximum absolute atomic E-state index is 12.5. The van der Waals surface area contributed by atoms with Crippen molar-refractivity contribution < 1.29 is 9.53 Å². The van der Waals surface area contributed by atoms with E-state index in [1.165, 1.54) is 11.9 Å². The van der Waals surface area contributed by atoms with Crippen molar-refractivity contribution in [1.29, 1.82) is 0 Å². The number of methoxy groups -OCH3 is 1. The van der Waals surface area contributed by atoms with Crippen LogP contribution in [-0.2, 0) is 11.3 Å². The third kappa shape index (κ3) is 3.22. The highest BCUT2D eigenvalue weighted by Gasteiger charge is 2.47. The first kappa shape index (κ1) is 16.0. The number of benzene rings is 1. The molecule has 2 aliphatic heterocycles. The topological polar surface area (TPSA) is 58.6 Å². The molecule has 6 heteroatoms. The predicted molar refractivity (Wildman–Crippen MR) is 94.3 cm³/mol. The van der Waals surface area contributed by atoms with E-state index >= 15 is 0 Å². The highest BCUT2D eigenvalue weighted by Crippen LogP contribution is 2.41. The van der Waals surface area contributed by atoms with Gasteiger partial charge < -0.3 is 9.64 Å². The minimum Gasteiger partial charge on any atom is -0.497 e. The third-order valence-corrected chi connectivity index (χ3v) is 5.26. The number of rotatable bonds is 4. The average molecular weight is 338 g/mol. The zero-order valence-electron chi connectivity index (χ0n) is 14.4. The van der Waals surface area contributed by atoms with Gasteiger partial charge in [-0.1, -0.05) is 12.1 Å². The highest BCUT2D eigenvalue weighted by atomic mass is 16.5. The van der Waals surface area contributed by atoms with E-state index in [1.54, 1.807) is 19.5 Å². The lowest BCUT2D eigenvalue weighted by Gasteiger charge is -2.24. The Morgan fingerprint density at radius 2 is 1.92 bits per heavy atom. The van der Waals surface area contributed by atoms with Crippen molar-refractivity contribution in [1.82, 2.24) is 14.9 Å². The van der Waals surface area contributed by atoms with Crippen LogP contribution in [0.25, 0.3) is 0 Å². The van der Waals surface area contributed by atoms with Gasteiger partial charge in [0.15, 0.2) is 0 Å². The quantitative estimate of drug-likeness (QED) is 0.855. The van der Waals surface area contributed by atoms with Crippen molar-refractivity contribution in [3.8, 4) is 5.75 Å². The molecular weight excluding hydrogens is 316 g/mol. The summed E-state index contributed by atoms with van der Waals surface area (Å²) in [5.74, 6) is 1.06. The molecule has 1 atom stereocenters. The molecule has 2 aliphatic rings. The van der Waals surface area contributed by atoms with Crippen LogP contribution >= 0.6 is 0 Å². The van der Waals surface area contributed by atoms with E-state index in [-0.39, 0.29) is 11.3 Å². The predicted octanol–water partition coefficient (Wildman–Crippen LogP) is 2.11. The van der Waals surface area contributed by atoms with Crippen LogP contribution in [0.2, 0.25) is 0 Å². The zero-order chi connectivity index (χ0) is 17.3. The molecule has 1 aromatic heterocycles. The van der Waals surface area contributed by atoms with Crippen LogP contribution in [0.3, 0.4) is 0 Å². The van der Waals surface area contributed by atoms with Gasteiger partial charge in [0.05, 0.1) is 25.2 Å². The van der Waals surface area contributed by atoms with Gasteiger partial charge in [0.2, 0.25) is 5.91 Å². The standard InChI is InChI=1S/C19H22N4O2/c1-25-17-4-2-15(3-5-17)11-22-7-6-19(12-22)8-18(24)23(13-19)16-9-20-14-21-10-16/h2-5,9-10,14H,6-8,11-13H2,1H3. The van der Waals surface area contributed by atoms with E-state index < -0.39 is 0 Å². The summed E-state index contributed by atoms with van der Waals surface area (Å²) in [6, 6.07) is 8.21. The molecule has 3 heterocycles. The summed E-state index contributed by atoms with van der Waals surface area (Å²) >= 11 is 0. The molecule has 130 valence electrons. The molecule has 0 radical (unpaired) electrons. The molecule has 0 saturated carbocycles. The number of hydrogen-bond acceptors (Lipinski definition) is 5. The molecule has 0 aliphatic carbocycles. The summed E-state index contributed by atoms with van der Waals surface area (Å²) in [5, 5.41) is 0. The molecule has 25 heavy (non-hydrogen) atoms. The molecule has 4 rings (SSSR count). The second-order valence-corrected chi connectivity index (χ2v) is 7.06. The smallest absolute Gasteiger partial charge is 0.227 e. The summed E-state index contributed by atoms with van der Waals surface area (Å²) in [6.45, 7) is 3.65. The summed E-state index contributed by atoms with van der Waals surface area (Å²) < 4.78 is 5.21. The van der Waals surface area contributed by atoms with Crippen molar-refractivity contribution in [3.05, 3.63) is 48.5 Å². The van der Waals surface area contributed by atoms with Crippen molar-refractivity contribution in [2.45, 2.75) is 19.4 Å². The molecule has 2 fully saturated rings. The minimum absolute atomic E-state index is 0.0550. The Kier molecular flexibility index (Phi) is 4.13. The van der Waals surface area contributed by atoms with E-state index in [4.69, 9.17) is 4.74 Å². The maximum Gasteiger partial charge on any atom is 0.227 e. The number of carbonyl (C=O) groups is 1. The van der Waals surface area contributed by atoms with Crippen LogP contribution < -0.4 is 9.64 Å². The summed E-state index contributed by atoms with van der Waals surface area (Å²) in [5.41, 5.74) is 2.13. The molecule has 1 amide bonds. The van der Waals surface area contributed by atoms with E-state index in [0.717, 1.165) is 44.0 Å². The lowest BCUT2D eigenvalue weighted by Crippen LogP contribution is -2.31. The van der Waals surface area contributed by atoms with Crippen LogP contribution in [0.4, 0.5) is 5.69 Å². The number of amides is 1. The highest BCUT2D eigenvalue weighted by molar-refractivity contribution is 5.96. The molecule has 2 saturated heterocycles. The Morgan fingerprint density at radius 1 is 1.16 bits per heavy atom. The largest absolute Gasteiger partial charge is 0.497 e. The van der Waals surface area contributed by atoms with Gasteiger partial charge in [-0.25, -0.2) is 9.97 Å². The van der Waals surface area contributed by atoms with Crippen molar-refractivity contribution >= 4 is 11.6 Å². The van der Waals surface area contributed by atoms with E-state index in [2.05, 4.69) is 27.0 Å². The van der Waals surface area contributed by atoms with Gasteiger partial charge in [0.1, 0.15) is 12.1 Å². The number of ether oxygens (including phenoxy) is 1. The van der Waals surface area contributed by atoms with Crippen molar-refractivity contribution in [2.24, 2.45) is 5.41 Å². The summed E-state index contributed by atoms with van der Waals surface area (Å²) in [6.07, 6.45) is 6.59.